The van der Waals surface area contributed by atoms with Gasteiger partial charge < -0.3 is 5.32 Å². The van der Waals surface area contributed by atoms with Crippen LogP contribution in [0.3, 0.4) is 0 Å². The van der Waals surface area contributed by atoms with Crippen LogP contribution in [-0.2, 0) is 0 Å². The van der Waals surface area contributed by atoms with Crippen LogP contribution in [0.4, 0.5) is 0 Å². The normalized spacial score (nSPS) is 12.3. The number of nitrogens with zero attached hydrogens (tertiary/aromatic N) is 2. The summed E-state index contributed by atoms with van der Waals surface area (Å²) in [5.41, 5.74) is 2.07. The van der Waals surface area contributed by atoms with Gasteiger partial charge in [0.25, 0.3) is 0 Å². The molecule has 0 spiro atoms. The van der Waals surface area contributed by atoms with E-state index in [1.165, 1.54) is 0 Å². The molecule has 0 aliphatic carbocycles. The molecule has 3 nitrogen and oxygen atoms in total. The number of hydrogen-bond donors (Lipinski definition) is 1. The average molecular weight is 241 g/mol. The van der Waals surface area contributed by atoms with Gasteiger partial charge in [0.1, 0.15) is 0 Å². The number of aromatic nitrogens is 2. The van der Waals surface area contributed by atoms with Crippen LogP contribution in [-0.4, -0.2) is 16.3 Å². The van der Waals surface area contributed by atoms with Crippen molar-refractivity contribution in [2.45, 2.75) is 19.4 Å². The molecule has 0 saturated heterocycles. The summed E-state index contributed by atoms with van der Waals surface area (Å²) in [5, 5.41) is 7.99. The summed E-state index contributed by atoms with van der Waals surface area (Å²) in [5.74, 6) is 0. The molecular weight excluding hydrogens is 222 g/mol. The Kier molecular flexibility index (Phi) is 4.31. The molecule has 2 rings (SSSR count). The number of nitrogens with one attached hydrogen (secondary N) is 1. The summed E-state index contributed by atoms with van der Waals surface area (Å²) in [6.07, 6.45) is 4.98. The van der Waals surface area contributed by atoms with Gasteiger partial charge in [-0.1, -0.05) is 31.2 Å². The Morgan fingerprint density at radius 3 is 2.78 bits per heavy atom. The Morgan fingerprint density at radius 1 is 1.33 bits per heavy atom. The van der Waals surface area contributed by atoms with Crippen molar-refractivity contribution in [3.05, 3.63) is 60.9 Å². The van der Waals surface area contributed by atoms with Gasteiger partial charge in [0.2, 0.25) is 0 Å². The van der Waals surface area contributed by atoms with Crippen molar-refractivity contribution in [1.82, 2.24) is 15.1 Å². The lowest BCUT2D eigenvalue weighted by Gasteiger charge is -2.11. The number of benzene rings is 1. The van der Waals surface area contributed by atoms with E-state index in [9.17, 15) is 0 Å². The Bertz CT molecular complexity index is 487. The predicted octanol–water partition coefficient (Wildman–Crippen LogP) is 3.10. The first-order valence-corrected chi connectivity index (χ1v) is 6.32. The first-order chi connectivity index (χ1) is 8.85. The molecule has 1 unspecified atom stereocenters. The predicted molar refractivity (Wildman–Crippen MR) is 74.8 cm³/mol. The third-order valence-corrected chi connectivity index (χ3v) is 2.80. The summed E-state index contributed by atoms with van der Waals surface area (Å²) in [7, 11) is 0. The van der Waals surface area contributed by atoms with Gasteiger partial charge in [0.05, 0.1) is 17.4 Å². The molecule has 1 N–H and O–H groups in total. The number of rotatable bonds is 6. The Hall–Kier alpha value is -1.87. The van der Waals surface area contributed by atoms with Gasteiger partial charge in [-0.15, -0.1) is 6.58 Å². The minimum atomic E-state index is 0.120. The van der Waals surface area contributed by atoms with Crippen molar-refractivity contribution < 1.29 is 0 Å². The second-order valence-corrected chi connectivity index (χ2v) is 4.19. The van der Waals surface area contributed by atoms with Crippen LogP contribution >= 0.6 is 0 Å². The van der Waals surface area contributed by atoms with Gasteiger partial charge in [-0.05, 0) is 31.2 Å². The van der Waals surface area contributed by atoms with Crippen LogP contribution in [0.25, 0.3) is 5.69 Å². The fourth-order valence-electron chi connectivity index (χ4n) is 1.84. The highest BCUT2D eigenvalue weighted by molar-refractivity contribution is 5.31. The molecular formula is C15H19N3. The van der Waals surface area contributed by atoms with Crippen LogP contribution in [0.1, 0.15) is 25.1 Å². The molecule has 18 heavy (non-hydrogen) atoms. The zero-order valence-electron chi connectivity index (χ0n) is 10.7. The van der Waals surface area contributed by atoms with E-state index in [4.69, 9.17) is 0 Å². The molecule has 1 atom stereocenters. The van der Waals surface area contributed by atoms with Gasteiger partial charge in [-0.25, -0.2) is 4.68 Å². The van der Waals surface area contributed by atoms with Crippen molar-refractivity contribution in [3.8, 4) is 5.69 Å². The van der Waals surface area contributed by atoms with Crippen LogP contribution in [0, 0.1) is 0 Å². The highest BCUT2D eigenvalue weighted by atomic mass is 15.3. The molecule has 94 valence electrons. The van der Waals surface area contributed by atoms with E-state index in [-0.39, 0.29) is 6.04 Å². The topological polar surface area (TPSA) is 29.9 Å². The second kappa shape index (κ2) is 6.17. The molecule has 0 amide bonds. The van der Waals surface area contributed by atoms with E-state index in [1.54, 1.807) is 0 Å². The van der Waals surface area contributed by atoms with E-state index in [0.29, 0.717) is 0 Å². The standard InChI is InChI=1S/C15H19N3/c1-3-11-16-14(4-2)15-10-12-18(17-15)13-8-6-5-7-9-13/h4-10,12,14,16H,2-3,11H2,1H3. The monoisotopic (exact) mass is 241 g/mol. The van der Waals surface area contributed by atoms with Crippen molar-refractivity contribution in [2.24, 2.45) is 0 Å². The molecule has 1 aromatic heterocycles. The zero-order valence-corrected chi connectivity index (χ0v) is 10.7. The average Bonchev–Trinajstić information content (AvgIpc) is 2.90. The van der Waals surface area contributed by atoms with Gasteiger partial charge in [-0.3, -0.25) is 0 Å². The third kappa shape index (κ3) is 2.87. The molecule has 0 fully saturated rings. The van der Waals surface area contributed by atoms with Gasteiger partial charge >= 0.3 is 0 Å². The van der Waals surface area contributed by atoms with Crippen molar-refractivity contribution in [2.75, 3.05) is 6.54 Å². The first-order valence-electron chi connectivity index (χ1n) is 6.32. The lowest BCUT2D eigenvalue weighted by Crippen LogP contribution is -2.20. The minimum Gasteiger partial charge on any atom is -0.305 e. The number of para-hydroxylation sites is 1. The molecule has 0 aliphatic heterocycles. The Labute approximate surface area is 108 Å². The Balaban J connectivity index is 2.16. The van der Waals surface area contributed by atoms with Gasteiger partial charge in [0.15, 0.2) is 0 Å². The molecule has 0 aliphatic rings. The maximum absolute atomic E-state index is 4.59. The fraction of sp³-hybridized carbons (Fsp3) is 0.267. The molecule has 0 bridgehead atoms. The van der Waals surface area contributed by atoms with Gasteiger partial charge in [-0.2, -0.15) is 5.10 Å². The van der Waals surface area contributed by atoms with E-state index >= 15 is 0 Å². The van der Waals surface area contributed by atoms with Crippen LogP contribution < -0.4 is 5.32 Å². The number of hydrogen-bond acceptors (Lipinski definition) is 2. The van der Waals surface area contributed by atoms with Crippen molar-refractivity contribution in [1.29, 1.82) is 0 Å². The fourth-order valence-corrected chi connectivity index (χ4v) is 1.84. The Morgan fingerprint density at radius 2 is 2.11 bits per heavy atom. The largest absolute Gasteiger partial charge is 0.305 e. The van der Waals surface area contributed by atoms with Crippen molar-refractivity contribution >= 4 is 0 Å². The quantitative estimate of drug-likeness (QED) is 0.788. The molecule has 0 radical (unpaired) electrons. The van der Waals surface area contributed by atoms with E-state index < -0.39 is 0 Å². The summed E-state index contributed by atoms with van der Waals surface area (Å²) in [6.45, 7) is 6.98. The zero-order chi connectivity index (χ0) is 12.8. The molecule has 1 heterocycles. The van der Waals surface area contributed by atoms with Crippen molar-refractivity contribution in [3.63, 3.8) is 0 Å². The van der Waals surface area contributed by atoms with Crippen LogP contribution in [0.5, 0.6) is 0 Å². The maximum atomic E-state index is 4.59. The first kappa shape index (κ1) is 12.6. The third-order valence-electron chi connectivity index (χ3n) is 2.80. The smallest absolute Gasteiger partial charge is 0.0837 e. The lowest BCUT2D eigenvalue weighted by atomic mass is 10.2. The van der Waals surface area contributed by atoms with Gasteiger partial charge in [0, 0.05) is 6.20 Å². The van der Waals surface area contributed by atoms with E-state index in [0.717, 1.165) is 24.3 Å². The lowest BCUT2D eigenvalue weighted by molar-refractivity contribution is 0.595. The highest BCUT2D eigenvalue weighted by Crippen LogP contribution is 2.14. The summed E-state index contributed by atoms with van der Waals surface area (Å²) in [4.78, 5) is 0. The van der Waals surface area contributed by atoms with E-state index in [2.05, 4.69) is 23.9 Å². The van der Waals surface area contributed by atoms with Crippen LogP contribution in [0.2, 0.25) is 0 Å². The summed E-state index contributed by atoms with van der Waals surface area (Å²) >= 11 is 0. The van der Waals surface area contributed by atoms with E-state index in [1.807, 2.05) is 53.4 Å². The maximum Gasteiger partial charge on any atom is 0.0837 e. The minimum absolute atomic E-state index is 0.120. The summed E-state index contributed by atoms with van der Waals surface area (Å²) < 4.78 is 1.89. The highest BCUT2D eigenvalue weighted by Gasteiger charge is 2.09. The molecule has 2 aromatic rings. The molecule has 1 aromatic carbocycles. The molecule has 3 heteroatoms. The SMILES string of the molecule is C=CC(NCCC)c1ccn(-c2ccccc2)n1. The second-order valence-electron chi connectivity index (χ2n) is 4.19. The molecule has 0 saturated carbocycles. The van der Waals surface area contributed by atoms with Crippen LogP contribution in [0.15, 0.2) is 55.3 Å². The summed E-state index contributed by atoms with van der Waals surface area (Å²) in [6, 6.07) is 12.3.